The van der Waals surface area contributed by atoms with E-state index >= 15 is 0 Å². The van der Waals surface area contributed by atoms with Crippen molar-refractivity contribution in [3.8, 4) is 0 Å². The molecule has 0 aliphatic carbocycles. The Morgan fingerprint density at radius 1 is 1.33 bits per heavy atom. The minimum atomic E-state index is 0.137. The Morgan fingerprint density at radius 3 is 2.00 bits per heavy atom. The molecule has 1 rings (SSSR count). The van der Waals surface area contributed by atoms with Gasteiger partial charge < -0.3 is 5.11 Å². The molecule has 1 saturated heterocycles. The summed E-state index contributed by atoms with van der Waals surface area (Å²) in [4.78, 5) is 2.38. The summed E-state index contributed by atoms with van der Waals surface area (Å²) in [5.74, 6) is 0.414. The lowest BCUT2D eigenvalue weighted by atomic mass is 9.88. The number of aliphatic hydroxyl groups is 1. The molecule has 2 heteroatoms. The van der Waals surface area contributed by atoms with E-state index < -0.39 is 0 Å². The zero-order valence-electron chi connectivity index (χ0n) is 8.89. The lowest BCUT2D eigenvalue weighted by Gasteiger charge is -2.38. The predicted molar refractivity (Wildman–Crippen MR) is 51.1 cm³/mol. The van der Waals surface area contributed by atoms with Crippen LogP contribution < -0.4 is 0 Å². The Hall–Kier alpha value is -0.0800. The molecule has 0 radical (unpaired) electrons. The Morgan fingerprint density at radius 2 is 1.83 bits per heavy atom. The highest BCUT2D eigenvalue weighted by Gasteiger charge is 2.48. The highest BCUT2D eigenvalue weighted by molar-refractivity contribution is 5.03. The van der Waals surface area contributed by atoms with E-state index in [0.29, 0.717) is 12.5 Å². The smallest absolute Gasteiger partial charge is 0.0477 e. The Labute approximate surface area is 75.6 Å². The predicted octanol–water partition coefficient (Wildman–Crippen LogP) is 1.49. The Kier molecular flexibility index (Phi) is 2.26. The topological polar surface area (TPSA) is 23.5 Å². The molecular weight excluding hydrogens is 150 g/mol. The number of nitrogens with zero attached hydrogens (tertiary/aromatic N) is 1. The van der Waals surface area contributed by atoms with Gasteiger partial charge in [0.25, 0.3) is 0 Å². The Bertz CT molecular complexity index is 175. The number of aliphatic hydroxyl groups excluding tert-OH is 1. The second-order valence-electron chi connectivity index (χ2n) is 5.11. The summed E-state index contributed by atoms with van der Waals surface area (Å²) in [6.45, 7) is 9.21. The second kappa shape index (κ2) is 2.71. The zero-order valence-corrected chi connectivity index (χ0v) is 8.89. The van der Waals surface area contributed by atoms with Gasteiger partial charge in [0, 0.05) is 23.6 Å². The van der Waals surface area contributed by atoms with Crippen LogP contribution in [-0.2, 0) is 0 Å². The van der Waals surface area contributed by atoms with E-state index in [1.54, 1.807) is 0 Å². The van der Waals surface area contributed by atoms with Crippen molar-refractivity contribution in [3.63, 3.8) is 0 Å². The summed E-state index contributed by atoms with van der Waals surface area (Å²) in [6, 6.07) is 0. The molecule has 72 valence electrons. The van der Waals surface area contributed by atoms with Gasteiger partial charge in [-0.15, -0.1) is 0 Å². The highest BCUT2D eigenvalue weighted by atomic mass is 16.3. The van der Waals surface area contributed by atoms with Crippen molar-refractivity contribution in [1.82, 2.24) is 4.90 Å². The van der Waals surface area contributed by atoms with Crippen molar-refractivity contribution in [2.24, 2.45) is 5.92 Å². The van der Waals surface area contributed by atoms with Gasteiger partial charge in [-0.3, -0.25) is 4.90 Å². The second-order valence-corrected chi connectivity index (χ2v) is 5.11. The summed E-state index contributed by atoms with van der Waals surface area (Å²) < 4.78 is 0. The first kappa shape index (κ1) is 10.0. The van der Waals surface area contributed by atoms with Gasteiger partial charge in [0.2, 0.25) is 0 Å². The molecule has 0 saturated carbocycles. The molecule has 0 aromatic rings. The molecule has 1 unspecified atom stereocenters. The fourth-order valence-corrected chi connectivity index (χ4v) is 2.33. The number of rotatable bonds is 1. The molecule has 12 heavy (non-hydrogen) atoms. The summed E-state index contributed by atoms with van der Waals surface area (Å²) in [5, 5.41) is 9.22. The summed E-state index contributed by atoms with van der Waals surface area (Å²) in [6.07, 6.45) is 1.09. The molecule has 1 N–H and O–H groups in total. The first-order valence-corrected chi connectivity index (χ1v) is 4.67. The standard InChI is InChI=1S/C10H21NO/c1-9(2)6-8(7-12)10(3,4)11(9)5/h8,12H,6-7H2,1-5H3. The maximum atomic E-state index is 9.22. The van der Waals surface area contributed by atoms with Crippen molar-refractivity contribution in [2.75, 3.05) is 13.7 Å². The third-order valence-electron chi connectivity index (χ3n) is 3.74. The van der Waals surface area contributed by atoms with Gasteiger partial charge >= 0.3 is 0 Å². The molecule has 0 aromatic heterocycles. The number of likely N-dealkylation sites (tertiary alicyclic amines) is 1. The Balaban J connectivity index is 2.88. The molecule has 1 aliphatic rings. The SMILES string of the molecule is CN1C(C)(C)CC(CO)C1(C)C. The van der Waals surface area contributed by atoms with E-state index in [2.05, 4.69) is 39.6 Å². The first-order valence-electron chi connectivity index (χ1n) is 4.67. The summed E-state index contributed by atoms with van der Waals surface area (Å²) in [5.41, 5.74) is 0.370. The van der Waals surface area contributed by atoms with Crippen molar-refractivity contribution in [3.05, 3.63) is 0 Å². The van der Waals surface area contributed by atoms with Crippen molar-refractivity contribution < 1.29 is 5.11 Å². The van der Waals surface area contributed by atoms with Crippen LogP contribution in [0.25, 0.3) is 0 Å². The maximum absolute atomic E-state index is 9.22. The largest absolute Gasteiger partial charge is 0.396 e. The van der Waals surface area contributed by atoms with Gasteiger partial charge in [0.15, 0.2) is 0 Å². The summed E-state index contributed by atoms with van der Waals surface area (Å²) >= 11 is 0. The molecule has 0 aromatic carbocycles. The normalized spacial score (nSPS) is 34.0. The highest BCUT2D eigenvalue weighted by Crippen LogP contribution is 2.43. The van der Waals surface area contributed by atoms with Gasteiger partial charge in [0.05, 0.1) is 0 Å². The average Bonchev–Trinajstić information content (AvgIpc) is 2.11. The maximum Gasteiger partial charge on any atom is 0.0477 e. The summed E-state index contributed by atoms with van der Waals surface area (Å²) in [7, 11) is 2.15. The zero-order chi connectivity index (χ0) is 9.57. The van der Waals surface area contributed by atoms with E-state index in [1.807, 2.05) is 0 Å². The van der Waals surface area contributed by atoms with Gasteiger partial charge in [-0.1, -0.05) is 0 Å². The van der Waals surface area contributed by atoms with Crippen LogP contribution in [0.2, 0.25) is 0 Å². The quantitative estimate of drug-likeness (QED) is 0.646. The van der Waals surface area contributed by atoms with Crippen LogP contribution in [-0.4, -0.2) is 34.7 Å². The molecule has 1 aliphatic heterocycles. The number of hydrogen-bond acceptors (Lipinski definition) is 2. The van der Waals surface area contributed by atoms with Crippen LogP contribution in [0.5, 0.6) is 0 Å². The van der Waals surface area contributed by atoms with Gasteiger partial charge in [-0.2, -0.15) is 0 Å². The lowest BCUT2D eigenvalue weighted by Crippen LogP contribution is -2.47. The molecule has 0 amide bonds. The van der Waals surface area contributed by atoms with Crippen LogP contribution in [0.1, 0.15) is 34.1 Å². The van der Waals surface area contributed by atoms with E-state index in [9.17, 15) is 5.11 Å². The minimum absolute atomic E-state index is 0.137. The fraction of sp³-hybridized carbons (Fsp3) is 1.00. The fourth-order valence-electron chi connectivity index (χ4n) is 2.33. The third-order valence-corrected chi connectivity index (χ3v) is 3.74. The van der Waals surface area contributed by atoms with Gasteiger partial charge in [-0.05, 0) is 41.2 Å². The molecule has 0 bridgehead atoms. The van der Waals surface area contributed by atoms with E-state index in [1.165, 1.54) is 0 Å². The molecule has 1 atom stereocenters. The van der Waals surface area contributed by atoms with E-state index in [4.69, 9.17) is 0 Å². The van der Waals surface area contributed by atoms with Gasteiger partial charge in [0.1, 0.15) is 0 Å². The van der Waals surface area contributed by atoms with E-state index in [-0.39, 0.29) is 11.1 Å². The minimum Gasteiger partial charge on any atom is -0.396 e. The van der Waals surface area contributed by atoms with Gasteiger partial charge in [-0.25, -0.2) is 0 Å². The lowest BCUT2D eigenvalue weighted by molar-refractivity contribution is 0.0826. The van der Waals surface area contributed by atoms with Crippen molar-refractivity contribution in [1.29, 1.82) is 0 Å². The van der Waals surface area contributed by atoms with Crippen LogP contribution in [0.15, 0.2) is 0 Å². The first-order chi connectivity index (χ1) is 5.32. The molecule has 1 fully saturated rings. The van der Waals surface area contributed by atoms with Crippen LogP contribution >= 0.6 is 0 Å². The van der Waals surface area contributed by atoms with E-state index in [0.717, 1.165) is 6.42 Å². The third kappa shape index (κ3) is 1.27. The molecule has 2 nitrogen and oxygen atoms in total. The number of hydrogen-bond donors (Lipinski definition) is 1. The monoisotopic (exact) mass is 171 g/mol. The average molecular weight is 171 g/mol. The molecule has 1 heterocycles. The molecular formula is C10H21NO. The van der Waals surface area contributed by atoms with Crippen molar-refractivity contribution >= 4 is 0 Å². The molecule has 0 spiro atoms. The van der Waals surface area contributed by atoms with Crippen LogP contribution in [0, 0.1) is 5.92 Å². The van der Waals surface area contributed by atoms with Crippen molar-refractivity contribution in [2.45, 2.75) is 45.2 Å². The van der Waals surface area contributed by atoms with Crippen LogP contribution in [0.3, 0.4) is 0 Å². The van der Waals surface area contributed by atoms with Crippen LogP contribution in [0.4, 0.5) is 0 Å².